The molecule has 0 amide bonds. The maximum absolute atomic E-state index is 12.5. The molecule has 0 saturated carbocycles. The SMILES string of the molecule is CN1CCN(c2ccc(C(=O)c3ccccc3)cc2[N+](=O)[O-])CC1.Cl. The summed E-state index contributed by atoms with van der Waals surface area (Å²) in [5.41, 5.74) is 1.43. The van der Waals surface area contributed by atoms with Crippen LogP contribution in [0, 0.1) is 10.1 Å². The van der Waals surface area contributed by atoms with E-state index in [0.29, 0.717) is 16.8 Å². The minimum absolute atomic E-state index is 0. The lowest BCUT2D eigenvalue weighted by molar-refractivity contribution is -0.384. The maximum atomic E-state index is 12.5. The molecule has 132 valence electrons. The van der Waals surface area contributed by atoms with Crippen molar-refractivity contribution in [2.24, 2.45) is 0 Å². The molecule has 0 N–H and O–H groups in total. The van der Waals surface area contributed by atoms with Crippen molar-refractivity contribution in [1.29, 1.82) is 0 Å². The molecule has 0 aromatic heterocycles. The monoisotopic (exact) mass is 361 g/mol. The Morgan fingerprint density at radius 2 is 1.64 bits per heavy atom. The first kappa shape index (κ1) is 18.9. The van der Waals surface area contributed by atoms with Gasteiger partial charge in [-0.3, -0.25) is 14.9 Å². The highest BCUT2D eigenvalue weighted by atomic mass is 35.5. The number of benzene rings is 2. The Balaban J connectivity index is 0.00000225. The van der Waals surface area contributed by atoms with Crippen LogP contribution in [-0.2, 0) is 0 Å². The Hall–Kier alpha value is -2.44. The van der Waals surface area contributed by atoms with Gasteiger partial charge in [0.1, 0.15) is 5.69 Å². The highest BCUT2D eigenvalue weighted by Gasteiger charge is 2.24. The number of hydrogen-bond donors (Lipinski definition) is 0. The Kier molecular flexibility index (Phi) is 6.12. The summed E-state index contributed by atoms with van der Waals surface area (Å²) in [7, 11) is 2.04. The highest BCUT2D eigenvalue weighted by Crippen LogP contribution is 2.30. The molecule has 0 aliphatic carbocycles. The number of rotatable bonds is 4. The van der Waals surface area contributed by atoms with Crippen molar-refractivity contribution in [2.45, 2.75) is 0 Å². The smallest absolute Gasteiger partial charge is 0.293 e. The average molecular weight is 362 g/mol. The minimum Gasteiger partial charge on any atom is -0.363 e. The lowest BCUT2D eigenvalue weighted by atomic mass is 10.0. The van der Waals surface area contributed by atoms with Crippen LogP contribution in [0.15, 0.2) is 48.5 Å². The first-order valence-electron chi connectivity index (χ1n) is 7.88. The molecule has 2 aromatic carbocycles. The van der Waals surface area contributed by atoms with Crippen molar-refractivity contribution in [2.75, 3.05) is 38.1 Å². The second kappa shape index (κ2) is 8.09. The Morgan fingerprint density at radius 3 is 2.24 bits per heavy atom. The molecule has 0 unspecified atom stereocenters. The number of carbonyl (C=O) groups is 1. The molecule has 1 aliphatic heterocycles. The summed E-state index contributed by atoms with van der Waals surface area (Å²) < 4.78 is 0. The summed E-state index contributed by atoms with van der Waals surface area (Å²) in [5.74, 6) is -0.205. The summed E-state index contributed by atoms with van der Waals surface area (Å²) in [6.07, 6.45) is 0. The van der Waals surface area contributed by atoms with Crippen molar-refractivity contribution in [3.05, 3.63) is 69.8 Å². The molecule has 1 fully saturated rings. The normalized spacial score (nSPS) is 14.7. The molecule has 0 bridgehead atoms. The van der Waals surface area contributed by atoms with E-state index >= 15 is 0 Å². The summed E-state index contributed by atoms with van der Waals surface area (Å²) in [5, 5.41) is 11.5. The molecule has 0 spiro atoms. The number of piperazine rings is 1. The van der Waals surface area contributed by atoms with E-state index < -0.39 is 4.92 Å². The van der Waals surface area contributed by atoms with E-state index in [1.807, 2.05) is 18.0 Å². The van der Waals surface area contributed by atoms with Crippen LogP contribution in [0.3, 0.4) is 0 Å². The summed E-state index contributed by atoms with van der Waals surface area (Å²) in [6, 6.07) is 13.6. The number of carbonyl (C=O) groups excluding carboxylic acids is 1. The number of likely N-dealkylation sites (N-methyl/N-ethyl adjacent to an activating group) is 1. The zero-order valence-electron chi connectivity index (χ0n) is 13.9. The van der Waals surface area contributed by atoms with E-state index in [1.54, 1.807) is 36.4 Å². The third-order valence-corrected chi connectivity index (χ3v) is 4.31. The van der Waals surface area contributed by atoms with E-state index in [1.165, 1.54) is 6.07 Å². The predicted octanol–water partition coefficient (Wildman–Crippen LogP) is 3.00. The van der Waals surface area contributed by atoms with E-state index in [0.717, 1.165) is 26.2 Å². The fourth-order valence-electron chi connectivity index (χ4n) is 2.88. The number of nitrogens with zero attached hydrogens (tertiary/aromatic N) is 3. The lowest BCUT2D eigenvalue weighted by Crippen LogP contribution is -2.44. The number of hydrogen-bond acceptors (Lipinski definition) is 5. The van der Waals surface area contributed by atoms with Crippen LogP contribution in [0.2, 0.25) is 0 Å². The summed E-state index contributed by atoms with van der Waals surface area (Å²) in [6.45, 7) is 3.20. The molecule has 1 aliphatic rings. The molecule has 0 atom stereocenters. The molecule has 1 saturated heterocycles. The third-order valence-electron chi connectivity index (χ3n) is 4.31. The summed E-state index contributed by atoms with van der Waals surface area (Å²) in [4.78, 5) is 27.8. The lowest BCUT2D eigenvalue weighted by Gasteiger charge is -2.33. The standard InChI is InChI=1S/C18H19N3O3.ClH/c1-19-9-11-20(12-10-19)16-8-7-15(13-17(16)21(23)24)18(22)14-5-3-2-4-6-14;/h2-8,13H,9-12H2,1H3;1H. The molecule has 0 radical (unpaired) electrons. The number of nitro groups is 1. The highest BCUT2D eigenvalue weighted by molar-refractivity contribution is 6.09. The van der Waals surface area contributed by atoms with Gasteiger partial charge in [0.15, 0.2) is 5.78 Å². The number of halogens is 1. The van der Waals surface area contributed by atoms with E-state index in [2.05, 4.69) is 4.90 Å². The first-order chi connectivity index (χ1) is 11.6. The molecular weight excluding hydrogens is 342 g/mol. The van der Waals surface area contributed by atoms with Gasteiger partial charge in [0.05, 0.1) is 4.92 Å². The third kappa shape index (κ3) is 4.15. The Bertz CT molecular complexity index is 759. The second-order valence-corrected chi connectivity index (χ2v) is 5.95. The van der Waals surface area contributed by atoms with Crippen molar-refractivity contribution < 1.29 is 9.72 Å². The van der Waals surface area contributed by atoms with Gasteiger partial charge in [-0.05, 0) is 19.2 Å². The van der Waals surface area contributed by atoms with Crippen molar-refractivity contribution in [1.82, 2.24) is 4.90 Å². The van der Waals surface area contributed by atoms with Gasteiger partial charge in [-0.2, -0.15) is 0 Å². The van der Waals surface area contributed by atoms with E-state index in [-0.39, 0.29) is 23.9 Å². The van der Waals surface area contributed by atoms with Gasteiger partial charge in [0.25, 0.3) is 5.69 Å². The van der Waals surface area contributed by atoms with Crippen LogP contribution in [0.1, 0.15) is 15.9 Å². The topological polar surface area (TPSA) is 66.7 Å². The molecule has 6 nitrogen and oxygen atoms in total. The quantitative estimate of drug-likeness (QED) is 0.476. The molecule has 3 rings (SSSR count). The van der Waals surface area contributed by atoms with E-state index in [9.17, 15) is 14.9 Å². The summed E-state index contributed by atoms with van der Waals surface area (Å²) >= 11 is 0. The van der Waals surface area contributed by atoms with Gasteiger partial charge in [-0.15, -0.1) is 12.4 Å². The molecule has 25 heavy (non-hydrogen) atoms. The van der Waals surface area contributed by atoms with Crippen molar-refractivity contribution in [3.8, 4) is 0 Å². The van der Waals surface area contributed by atoms with Crippen molar-refractivity contribution in [3.63, 3.8) is 0 Å². The zero-order chi connectivity index (χ0) is 17.1. The molecular formula is C18H20ClN3O3. The van der Waals surface area contributed by atoms with Crippen LogP contribution < -0.4 is 4.90 Å². The van der Waals surface area contributed by atoms with Gasteiger partial charge in [0, 0.05) is 43.4 Å². The van der Waals surface area contributed by atoms with Gasteiger partial charge in [-0.25, -0.2) is 0 Å². The molecule has 2 aromatic rings. The number of anilines is 1. The molecule has 7 heteroatoms. The van der Waals surface area contributed by atoms with Crippen LogP contribution >= 0.6 is 12.4 Å². The first-order valence-corrected chi connectivity index (χ1v) is 7.88. The van der Waals surface area contributed by atoms with Crippen LogP contribution in [0.4, 0.5) is 11.4 Å². The fourth-order valence-corrected chi connectivity index (χ4v) is 2.88. The number of nitro benzene ring substituents is 1. The number of ketones is 1. The van der Waals surface area contributed by atoms with Gasteiger partial charge < -0.3 is 9.80 Å². The van der Waals surface area contributed by atoms with Gasteiger partial charge >= 0.3 is 0 Å². The van der Waals surface area contributed by atoms with Crippen molar-refractivity contribution >= 4 is 29.6 Å². The largest absolute Gasteiger partial charge is 0.363 e. The Morgan fingerprint density at radius 1 is 1.00 bits per heavy atom. The predicted molar refractivity (Wildman–Crippen MR) is 99.9 cm³/mol. The van der Waals surface area contributed by atoms with Gasteiger partial charge in [-0.1, -0.05) is 30.3 Å². The fraction of sp³-hybridized carbons (Fsp3) is 0.278. The second-order valence-electron chi connectivity index (χ2n) is 5.95. The van der Waals surface area contributed by atoms with Crippen LogP contribution in [-0.4, -0.2) is 48.8 Å². The van der Waals surface area contributed by atoms with E-state index in [4.69, 9.17) is 0 Å². The zero-order valence-corrected chi connectivity index (χ0v) is 14.7. The van der Waals surface area contributed by atoms with Crippen LogP contribution in [0.25, 0.3) is 0 Å². The maximum Gasteiger partial charge on any atom is 0.293 e. The Labute approximate surface area is 152 Å². The minimum atomic E-state index is -0.407. The molecule has 1 heterocycles. The average Bonchev–Trinajstić information content (AvgIpc) is 2.62. The van der Waals surface area contributed by atoms with Crippen LogP contribution in [0.5, 0.6) is 0 Å². The van der Waals surface area contributed by atoms with Gasteiger partial charge in [0.2, 0.25) is 0 Å².